The third-order valence-electron chi connectivity index (χ3n) is 2.22. The first-order chi connectivity index (χ1) is 5.77. The molecular formula is C9H11ClN2. The minimum Gasteiger partial charge on any atom is -0.322 e. The molecule has 1 saturated carbocycles. The molecule has 0 amide bonds. The molecule has 2 rings (SSSR count). The highest BCUT2D eigenvalue weighted by Crippen LogP contribution is 2.38. The van der Waals surface area contributed by atoms with Crippen LogP contribution in [-0.4, -0.2) is 4.98 Å². The minimum absolute atomic E-state index is 0.113. The molecule has 2 nitrogen and oxygen atoms in total. The SMILES string of the molecule is N[C@H](c1ccc(Cl)cn1)C1CC1. The standard InChI is InChI=1S/C9H11ClN2/c10-7-3-4-8(12-5-7)9(11)6-1-2-6/h3-6,9H,1-2,11H2/t9-/m0/s1. The fourth-order valence-electron chi connectivity index (χ4n) is 1.28. The van der Waals surface area contributed by atoms with Crippen molar-refractivity contribution in [3.8, 4) is 0 Å². The Morgan fingerprint density at radius 2 is 2.25 bits per heavy atom. The third kappa shape index (κ3) is 1.59. The van der Waals surface area contributed by atoms with Crippen LogP contribution in [0.3, 0.4) is 0 Å². The maximum absolute atomic E-state index is 5.94. The summed E-state index contributed by atoms with van der Waals surface area (Å²) in [6.45, 7) is 0. The lowest BCUT2D eigenvalue weighted by atomic mass is 10.1. The molecule has 1 atom stereocenters. The Morgan fingerprint density at radius 1 is 1.50 bits per heavy atom. The first-order valence-corrected chi connectivity index (χ1v) is 4.52. The van der Waals surface area contributed by atoms with Crippen molar-refractivity contribution in [1.29, 1.82) is 0 Å². The molecule has 1 aliphatic carbocycles. The van der Waals surface area contributed by atoms with E-state index in [1.807, 2.05) is 12.1 Å². The van der Waals surface area contributed by atoms with E-state index in [0.29, 0.717) is 10.9 Å². The summed E-state index contributed by atoms with van der Waals surface area (Å²) in [6, 6.07) is 3.86. The summed E-state index contributed by atoms with van der Waals surface area (Å²) in [4.78, 5) is 4.18. The molecule has 1 fully saturated rings. The Kier molecular flexibility index (Phi) is 2.03. The number of aromatic nitrogens is 1. The van der Waals surface area contributed by atoms with E-state index in [2.05, 4.69) is 4.98 Å². The summed E-state index contributed by atoms with van der Waals surface area (Å²) in [6.07, 6.45) is 4.13. The Balaban J connectivity index is 2.16. The lowest BCUT2D eigenvalue weighted by molar-refractivity contribution is 0.615. The van der Waals surface area contributed by atoms with Gasteiger partial charge in [-0.2, -0.15) is 0 Å². The van der Waals surface area contributed by atoms with Gasteiger partial charge in [0.2, 0.25) is 0 Å². The van der Waals surface area contributed by atoms with Crippen molar-refractivity contribution in [3.05, 3.63) is 29.0 Å². The zero-order valence-electron chi connectivity index (χ0n) is 6.70. The molecule has 2 N–H and O–H groups in total. The van der Waals surface area contributed by atoms with Gasteiger partial charge in [0.05, 0.1) is 10.7 Å². The van der Waals surface area contributed by atoms with E-state index < -0.39 is 0 Å². The highest BCUT2D eigenvalue weighted by atomic mass is 35.5. The van der Waals surface area contributed by atoms with Gasteiger partial charge in [-0.15, -0.1) is 0 Å². The average molecular weight is 183 g/mol. The van der Waals surface area contributed by atoms with Gasteiger partial charge < -0.3 is 5.73 Å². The zero-order valence-corrected chi connectivity index (χ0v) is 7.46. The van der Waals surface area contributed by atoms with E-state index in [1.165, 1.54) is 12.8 Å². The molecule has 1 aromatic heterocycles. The molecule has 64 valence electrons. The predicted molar refractivity (Wildman–Crippen MR) is 48.9 cm³/mol. The van der Waals surface area contributed by atoms with Gasteiger partial charge >= 0.3 is 0 Å². The number of rotatable bonds is 2. The third-order valence-corrected chi connectivity index (χ3v) is 2.45. The minimum atomic E-state index is 0.113. The summed E-state index contributed by atoms with van der Waals surface area (Å²) >= 11 is 5.71. The average Bonchev–Trinajstić information content (AvgIpc) is 2.87. The van der Waals surface area contributed by atoms with Gasteiger partial charge in [-0.1, -0.05) is 11.6 Å². The van der Waals surface area contributed by atoms with Crippen LogP contribution in [-0.2, 0) is 0 Å². The second-order valence-electron chi connectivity index (χ2n) is 3.26. The van der Waals surface area contributed by atoms with Gasteiger partial charge in [0.15, 0.2) is 0 Å². The molecule has 3 heteroatoms. The molecule has 0 spiro atoms. The van der Waals surface area contributed by atoms with Crippen LogP contribution in [0.1, 0.15) is 24.6 Å². The van der Waals surface area contributed by atoms with E-state index in [-0.39, 0.29) is 6.04 Å². The number of nitrogens with zero attached hydrogens (tertiary/aromatic N) is 1. The first-order valence-electron chi connectivity index (χ1n) is 4.14. The van der Waals surface area contributed by atoms with Crippen LogP contribution >= 0.6 is 11.6 Å². The van der Waals surface area contributed by atoms with Gasteiger partial charge in [0.25, 0.3) is 0 Å². The summed E-state index contributed by atoms with van der Waals surface area (Å²) in [7, 11) is 0. The van der Waals surface area contributed by atoms with Crippen LogP contribution in [0.15, 0.2) is 18.3 Å². The number of hydrogen-bond donors (Lipinski definition) is 1. The van der Waals surface area contributed by atoms with Crippen molar-refractivity contribution in [1.82, 2.24) is 4.98 Å². The van der Waals surface area contributed by atoms with Crippen LogP contribution in [0, 0.1) is 5.92 Å². The Morgan fingerprint density at radius 3 is 2.75 bits per heavy atom. The van der Waals surface area contributed by atoms with Crippen molar-refractivity contribution < 1.29 is 0 Å². The van der Waals surface area contributed by atoms with E-state index in [4.69, 9.17) is 17.3 Å². The molecule has 0 saturated heterocycles. The quantitative estimate of drug-likeness (QED) is 0.761. The fourth-order valence-corrected chi connectivity index (χ4v) is 1.39. The lowest BCUT2D eigenvalue weighted by Gasteiger charge is -2.08. The number of hydrogen-bond acceptors (Lipinski definition) is 2. The smallest absolute Gasteiger partial charge is 0.0589 e. The molecule has 1 aromatic rings. The van der Waals surface area contributed by atoms with Gasteiger partial charge in [-0.05, 0) is 30.9 Å². The maximum atomic E-state index is 5.94. The summed E-state index contributed by atoms with van der Waals surface area (Å²) in [5.74, 6) is 0.652. The van der Waals surface area contributed by atoms with Gasteiger partial charge in [0.1, 0.15) is 0 Å². The van der Waals surface area contributed by atoms with Crippen molar-refractivity contribution in [2.24, 2.45) is 11.7 Å². The number of pyridine rings is 1. The normalized spacial score (nSPS) is 19.2. The molecule has 0 aromatic carbocycles. The highest BCUT2D eigenvalue weighted by Gasteiger charge is 2.30. The van der Waals surface area contributed by atoms with E-state index in [1.54, 1.807) is 6.20 Å². The Hall–Kier alpha value is -0.600. The number of nitrogens with two attached hydrogens (primary N) is 1. The van der Waals surface area contributed by atoms with Crippen LogP contribution in [0.25, 0.3) is 0 Å². The van der Waals surface area contributed by atoms with Crippen LogP contribution < -0.4 is 5.73 Å². The number of halogens is 1. The second kappa shape index (κ2) is 3.04. The highest BCUT2D eigenvalue weighted by molar-refractivity contribution is 6.30. The van der Waals surface area contributed by atoms with E-state index in [0.717, 1.165) is 5.69 Å². The summed E-state index contributed by atoms with van der Waals surface area (Å²) < 4.78 is 0. The second-order valence-corrected chi connectivity index (χ2v) is 3.70. The van der Waals surface area contributed by atoms with Crippen molar-refractivity contribution in [2.75, 3.05) is 0 Å². The van der Waals surface area contributed by atoms with Gasteiger partial charge in [-0.3, -0.25) is 4.98 Å². The first kappa shape index (κ1) is 8.02. The summed E-state index contributed by atoms with van der Waals surface area (Å²) in [5.41, 5.74) is 6.90. The van der Waals surface area contributed by atoms with E-state index >= 15 is 0 Å². The van der Waals surface area contributed by atoms with Crippen LogP contribution in [0.2, 0.25) is 5.02 Å². The maximum Gasteiger partial charge on any atom is 0.0589 e. The molecule has 0 aliphatic heterocycles. The Bertz CT molecular complexity index is 266. The molecule has 0 unspecified atom stereocenters. The molecule has 1 aliphatic rings. The molecule has 0 bridgehead atoms. The van der Waals surface area contributed by atoms with Gasteiger partial charge in [-0.25, -0.2) is 0 Å². The zero-order chi connectivity index (χ0) is 8.55. The topological polar surface area (TPSA) is 38.9 Å². The molecule has 0 radical (unpaired) electrons. The van der Waals surface area contributed by atoms with Crippen LogP contribution in [0.4, 0.5) is 0 Å². The lowest BCUT2D eigenvalue weighted by Crippen LogP contribution is -2.13. The van der Waals surface area contributed by atoms with Crippen molar-refractivity contribution >= 4 is 11.6 Å². The molecule has 12 heavy (non-hydrogen) atoms. The van der Waals surface area contributed by atoms with Gasteiger partial charge in [0, 0.05) is 12.2 Å². The predicted octanol–water partition coefficient (Wildman–Crippen LogP) is 2.14. The summed E-state index contributed by atoms with van der Waals surface area (Å²) in [5, 5.41) is 0.668. The van der Waals surface area contributed by atoms with Crippen LogP contribution in [0.5, 0.6) is 0 Å². The fraction of sp³-hybridized carbons (Fsp3) is 0.444. The molecular weight excluding hydrogens is 172 g/mol. The van der Waals surface area contributed by atoms with E-state index in [9.17, 15) is 0 Å². The largest absolute Gasteiger partial charge is 0.322 e. The Labute approximate surface area is 76.7 Å². The monoisotopic (exact) mass is 182 g/mol. The van der Waals surface area contributed by atoms with Crippen molar-refractivity contribution in [3.63, 3.8) is 0 Å². The molecule has 1 heterocycles. The van der Waals surface area contributed by atoms with Crippen molar-refractivity contribution in [2.45, 2.75) is 18.9 Å².